The first-order valence-corrected chi connectivity index (χ1v) is 7.93. The fourth-order valence-electron chi connectivity index (χ4n) is 3.35. The van der Waals surface area contributed by atoms with Crippen LogP contribution in [0, 0.1) is 13.8 Å². The van der Waals surface area contributed by atoms with Crippen molar-refractivity contribution in [2.75, 3.05) is 0 Å². The molecule has 3 rings (SSSR count). The highest BCUT2D eigenvalue weighted by atomic mass is 16.2. The zero-order valence-electron chi connectivity index (χ0n) is 13.7. The summed E-state index contributed by atoms with van der Waals surface area (Å²) < 4.78 is 2.00. The standard InChI is InChI=1S/C17H21N3O3/c1-10-8-12(11(2)19(10)3)9-14-15(21)18-17(23)20(16(14)22)13-6-4-5-7-13/h8-9,13H,4-7H2,1-3H3,(H,18,21,23)/b14-9+. The highest BCUT2D eigenvalue weighted by molar-refractivity contribution is 6.31. The van der Waals surface area contributed by atoms with Gasteiger partial charge in [-0.2, -0.15) is 0 Å². The number of nitrogens with zero attached hydrogens (tertiary/aromatic N) is 2. The van der Waals surface area contributed by atoms with E-state index in [4.69, 9.17) is 0 Å². The van der Waals surface area contributed by atoms with Gasteiger partial charge in [0.2, 0.25) is 0 Å². The van der Waals surface area contributed by atoms with Gasteiger partial charge < -0.3 is 4.57 Å². The first-order chi connectivity index (χ1) is 10.9. The van der Waals surface area contributed by atoms with Crippen LogP contribution in [0.1, 0.15) is 42.6 Å². The number of imide groups is 2. The van der Waals surface area contributed by atoms with E-state index < -0.39 is 17.8 Å². The summed E-state index contributed by atoms with van der Waals surface area (Å²) in [4.78, 5) is 38.1. The van der Waals surface area contributed by atoms with E-state index in [0.717, 1.165) is 42.6 Å². The molecule has 1 aromatic rings. The quantitative estimate of drug-likeness (QED) is 0.670. The summed E-state index contributed by atoms with van der Waals surface area (Å²) in [6.07, 6.45) is 5.22. The number of carbonyl (C=O) groups excluding carboxylic acids is 3. The summed E-state index contributed by atoms with van der Waals surface area (Å²) in [5.74, 6) is -1.10. The van der Waals surface area contributed by atoms with Gasteiger partial charge in [0.05, 0.1) is 0 Å². The molecular weight excluding hydrogens is 294 g/mol. The molecule has 0 atom stereocenters. The van der Waals surface area contributed by atoms with E-state index in [2.05, 4.69) is 5.32 Å². The predicted octanol–water partition coefficient (Wildman–Crippen LogP) is 2.05. The fraction of sp³-hybridized carbons (Fsp3) is 0.471. The van der Waals surface area contributed by atoms with Gasteiger partial charge in [0.1, 0.15) is 5.57 Å². The van der Waals surface area contributed by atoms with Crippen LogP contribution < -0.4 is 5.32 Å². The number of aryl methyl sites for hydroxylation is 1. The van der Waals surface area contributed by atoms with Crippen molar-refractivity contribution < 1.29 is 14.4 Å². The Kier molecular flexibility index (Phi) is 3.83. The van der Waals surface area contributed by atoms with Crippen molar-refractivity contribution in [2.24, 2.45) is 7.05 Å². The molecule has 0 radical (unpaired) electrons. The summed E-state index contributed by atoms with van der Waals surface area (Å²) in [5, 5.41) is 2.30. The lowest BCUT2D eigenvalue weighted by Gasteiger charge is -2.31. The highest BCUT2D eigenvalue weighted by Gasteiger charge is 2.40. The van der Waals surface area contributed by atoms with E-state index in [1.165, 1.54) is 4.90 Å². The Balaban J connectivity index is 1.98. The van der Waals surface area contributed by atoms with Crippen LogP contribution in [0.25, 0.3) is 6.08 Å². The molecule has 1 saturated heterocycles. The van der Waals surface area contributed by atoms with Crippen LogP contribution in [0.3, 0.4) is 0 Å². The van der Waals surface area contributed by atoms with E-state index in [0.29, 0.717) is 0 Å². The molecular formula is C17H21N3O3. The second-order valence-electron chi connectivity index (χ2n) is 6.32. The smallest absolute Gasteiger partial charge is 0.331 e. The topological polar surface area (TPSA) is 71.4 Å². The van der Waals surface area contributed by atoms with Gasteiger partial charge >= 0.3 is 6.03 Å². The van der Waals surface area contributed by atoms with Crippen LogP contribution in [0.15, 0.2) is 11.6 Å². The number of aromatic nitrogens is 1. The molecule has 1 saturated carbocycles. The second kappa shape index (κ2) is 5.68. The minimum Gasteiger partial charge on any atom is -0.352 e. The maximum atomic E-state index is 12.7. The van der Waals surface area contributed by atoms with E-state index in [1.54, 1.807) is 6.08 Å². The molecule has 1 N–H and O–H groups in total. The molecule has 0 spiro atoms. The molecule has 122 valence electrons. The Morgan fingerprint density at radius 3 is 2.39 bits per heavy atom. The Hall–Kier alpha value is -2.37. The molecule has 1 aromatic heterocycles. The molecule has 6 nitrogen and oxygen atoms in total. The first kappa shape index (κ1) is 15.5. The third-order valence-electron chi connectivity index (χ3n) is 4.94. The number of amides is 4. The van der Waals surface area contributed by atoms with Crippen molar-refractivity contribution in [1.29, 1.82) is 0 Å². The lowest BCUT2D eigenvalue weighted by Crippen LogP contribution is -2.57. The van der Waals surface area contributed by atoms with Crippen molar-refractivity contribution in [3.05, 3.63) is 28.6 Å². The normalized spacial score (nSPS) is 21.4. The van der Waals surface area contributed by atoms with Gasteiger partial charge in [-0.05, 0) is 44.4 Å². The van der Waals surface area contributed by atoms with Gasteiger partial charge in [-0.15, -0.1) is 0 Å². The number of hydrogen-bond acceptors (Lipinski definition) is 3. The molecule has 2 aliphatic rings. The Labute approximate surface area is 135 Å². The number of barbiturate groups is 1. The number of carbonyl (C=O) groups is 3. The summed E-state index contributed by atoms with van der Waals surface area (Å²) in [5.41, 5.74) is 2.87. The van der Waals surface area contributed by atoms with Crippen molar-refractivity contribution in [1.82, 2.24) is 14.8 Å². The lowest BCUT2D eigenvalue weighted by atomic mass is 10.1. The van der Waals surface area contributed by atoms with Crippen LogP contribution >= 0.6 is 0 Å². The molecule has 4 amide bonds. The SMILES string of the molecule is Cc1cc(/C=C2\C(=O)NC(=O)N(C3CCCC3)C2=O)c(C)n1C. The molecule has 23 heavy (non-hydrogen) atoms. The average molecular weight is 315 g/mol. The van der Waals surface area contributed by atoms with Crippen LogP contribution in [0.2, 0.25) is 0 Å². The van der Waals surface area contributed by atoms with Crippen molar-refractivity contribution in [3.63, 3.8) is 0 Å². The zero-order valence-corrected chi connectivity index (χ0v) is 13.7. The summed E-state index contributed by atoms with van der Waals surface area (Å²) in [6.45, 7) is 3.90. The fourth-order valence-corrected chi connectivity index (χ4v) is 3.35. The largest absolute Gasteiger partial charge is 0.352 e. The first-order valence-electron chi connectivity index (χ1n) is 7.93. The highest BCUT2D eigenvalue weighted by Crippen LogP contribution is 2.27. The van der Waals surface area contributed by atoms with Gasteiger partial charge in [-0.3, -0.25) is 19.8 Å². The number of urea groups is 1. The monoisotopic (exact) mass is 315 g/mol. The third kappa shape index (κ3) is 2.58. The molecule has 0 aromatic carbocycles. The lowest BCUT2D eigenvalue weighted by molar-refractivity contribution is -0.131. The second-order valence-corrected chi connectivity index (χ2v) is 6.32. The maximum Gasteiger partial charge on any atom is 0.331 e. The summed E-state index contributed by atoms with van der Waals surface area (Å²) in [7, 11) is 1.93. The molecule has 2 heterocycles. The summed E-state index contributed by atoms with van der Waals surface area (Å²) >= 11 is 0. The number of hydrogen-bond donors (Lipinski definition) is 1. The van der Waals surface area contributed by atoms with Gasteiger partial charge in [0.25, 0.3) is 11.8 Å². The molecule has 1 aliphatic carbocycles. The molecule has 1 aliphatic heterocycles. The van der Waals surface area contributed by atoms with Gasteiger partial charge in [0.15, 0.2) is 0 Å². The van der Waals surface area contributed by atoms with E-state index >= 15 is 0 Å². The van der Waals surface area contributed by atoms with Crippen LogP contribution in [-0.2, 0) is 16.6 Å². The molecule has 0 unspecified atom stereocenters. The molecule has 6 heteroatoms. The number of nitrogens with one attached hydrogen (secondary N) is 1. The van der Waals surface area contributed by atoms with E-state index in [9.17, 15) is 14.4 Å². The minimum atomic E-state index is -0.616. The Bertz CT molecular complexity index is 724. The minimum absolute atomic E-state index is 0.0326. The van der Waals surface area contributed by atoms with Gasteiger partial charge in [-0.25, -0.2) is 4.79 Å². The predicted molar refractivity (Wildman–Crippen MR) is 85.5 cm³/mol. The van der Waals surface area contributed by atoms with Crippen LogP contribution in [0.5, 0.6) is 0 Å². The van der Waals surface area contributed by atoms with Gasteiger partial charge in [-0.1, -0.05) is 12.8 Å². The van der Waals surface area contributed by atoms with Crippen molar-refractivity contribution >= 4 is 23.9 Å². The number of rotatable bonds is 2. The van der Waals surface area contributed by atoms with Crippen LogP contribution in [-0.4, -0.2) is 33.4 Å². The third-order valence-corrected chi connectivity index (χ3v) is 4.94. The van der Waals surface area contributed by atoms with Crippen molar-refractivity contribution in [2.45, 2.75) is 45.6 Å². The van der Waals surface area contributed by atoms with E-state index in [1.807, 2.05) is 31.5 Å². The Morgan fingerprint density at radius 2 is 1.83 bits per heavy atom. The summed E-state index contributed by atoms with van der Waals surface area (Å²) in [6, 6.07) is 1.24. The van der Waals surface area contributed by atoms with E-state index in [-0.39, 0.29) is 11.6 Å². The molecule has 0 bridgehead atoms. The van der Waals surface area contributed by atoms with Crippen molar-refractivity contribution in [3.8, 4) is 0 Å². The molecule has 2 fully saturated rings. The van der Waals surface area contributed by atoms with Crippen LogP contribution in [0.4, 0.5) is 4.79 Å². The van der Waals surface area contributed by atoms with Gasteiger partial charge in [0, 0.05) is 24.5 Å². The zero-order chi connectivity index (χ0) is 16.7. The maximum absolute atomic E-state index is 12.7. The Morgan fingerprint density at radius 1 is 1.17 bits per heavy atom. The average Bonchev–Trinajstić information content (AvgIpc) is 3.09.